The minimum absolute atomic E-state index is 0.105. The Morgan fingerprint density at radius 1 is 0.722 bits per heavy atom. The average molecular weight is 244 g/mol. The zero-order chi connectivity index (χ0) is 13.4. The summed E-state index contributed by atoms with van der Waals surface area (Å²) in [5, 5.41) is 9.53. The van der Waals surface area contributed by atoms with Crippen molar-refractivity contribution in [3.63, 3.8) is 0 Å². The first-order valence-electron chi connectivity index (χ1n) is 5.44. The average Bonchev–Trinajstić information content (AvgIpc) is 2.31. The zero-order valence-corrected chi connectivity index (χ0v) is 10.1. The number of rotatable bonds is 1. The van der Waals surface area contributed by atoms with Gasteiger partial charge < -0.3 is 28.0 Å². The van der Waals surface area contributed by atoms with E-state index in [2.05, 4.69) is 0 Å². The van der Waals surface area contributed by atoms with Crippen molar-refractivity contribution in [3.05, 3.63) is 29.8 Å². The van der Waals surface area contributed by atoms with Gasteiger partial charge in [-0.3, -0.25) is 0 Å². The van der Waals surface area contributed by atoms with Gasteiger partial charge in [0.05, 0.1) is 11.4 Å². The molecule has 0 aliphatic carbocycles. The molecule has 0 aliphatic heterocycles. The monoisotopic (exact) mass is 244 g/mol. The van der Waals surface area contributed by atoms with Crippen LogP contribution in [0.15, 0.2) is 24.3 Å². The fourth-order valence-corrected chi connectivity index (χ4v) is 1.77. The van der Waals surface area contributed by atoms with E-state index in [0.29, 0.717) is 11.4 Å². The molecular formula is C13H16N4O. The Balaban J connectivity index is 2.63. The van der Waals surface area contributed by atoms with Crippen LogP contribution in [-0.4, -0.2) is 5.11 Å². The van der Waals surface area contributed by atoms with Crippen LogP contribution >= 0.6 is 0 Å². The van der Waals surface area contributed by atoms with Crippen LogP contribution in [0.3, 0.4) is 0 Å². The highest BCUT2D eigenvalue weighted by atomic mass is 16.3. The van der Waals surface area contributed by atoms with Gasteiger partial charge in [0.2, 0.25) is 0 Å². The summed E-state index contributed by atoms with van der Waals surface area (Å²) in [6, 6.07) is 6.87. The zero-order valence-electron chi connectivity index (χ0n) is 10.1. The van der Waals surface area contributed by atoms with Crippen molar-refractivity contribution < 1.29 is 5.11 Å². The smallest absolute Gasteiger partial charge is 0.161 e. The molecular weight excluding hydrogens is 228 g/mol. The molecule has 0 heterocycles. The number of nitrogen functional groups attached to an aromatic ring is 4. The predicted molar refractivity (Wildman–Crippen MR) is 75.9 cm³/mol. The van der Waals surface area contributed by atoms with Gasteiger partial charge in [0.25, 0.3) is 0 Å². The number of aromatic hydroxyl groups is 1. The van der Waals surface area contributed by atoms with Gasteiger partial charge >= 0.3 is 0 Å². The van der Waals surface area contributed by atoms with Crippen LogP contribution in [-0.2, 0) is 0 Å². The van der Waals surface area contributed by atoms with Gasteiger partial charge in [0.15, 0.2) is 5.75 Å². The number of anilines is 4. The fraction of sp³-hybridized carbons (Fsp3) is 0.0769. The molecule has 0 atom stereocenters. The number of hydrogen-bond donors (Lipinski definition) is 5. The number of hydrogen-bond acceptors (Lipinski definition) is 5. The third-order valence-corrected chi connectivity index (χ3v) is 2.99. The van der Waals surface area contributed by atoms with Gasteiger partial charge in [0, 0.05) is 11.4 Å². The quantitative estimate of drug-likeness (QED) is 0.385. The summed E-state index contributed by atoms with van der Waals surface area (Å²) < 4.78 is 0. The minimum Gasteiger partial charge on any atom is -0.504 e. The molecule has 5 heteroatoms. The van der Waals surface area contributed by atoms with Crippen LogP contribution < -0.4 is 22.9 Å². The molecule has 2 aromatic rings. The molecule has 2 rings (SSSR count). The largest absolute Gasteiger partial charge is 0.504 e. The molecule has 0 amide bonds. The lowest BCUT2D eigenvalue weighted by Gasteiger charge is -2.11. The van der Waals surface area contributed by atoms with Gasteiger partial charge in [-0.1, -0.05) is 0 Å². The van der Waals surface area contributed by atoms with Crippen LogP contribution in [0.4, 0.5) is 22.7 Å². The van der Waals surface area contributed by atoms with E-state index in [9.17, 15) is 5.11 Å². The summed E-state index contributed by atoms with van der Waals surface area (Å²) in [6.45, 7) is 1.86. The summed E-state index contributed by atoms with van der Waals surface area (Å²) in [5.74, 6) is -0.105. The Kier molecular flexibility index (Phi) is 2.67. The van der Waals surface area contributed by atoms with E-state index in [1.54, 1.807) is 24.3 Å². The lowest BCUT2D eigenvalue weighted by Crippen LogP contribution is -1.98. The van der Waals surface area contributed by atoms with Crippen LogP contribution in [0.25, 0.3) is 11.1 Å². The summed E-state index contributed by atoms with van der Waals surface area (Å²) in [5.41, 5.74) is 27.2. The van der Waals surface area contributed by atoms with Gasteiger partial charge in [-0.25, -0.2) is 0 Å². The van der Waals surface area contributed by atoms with E-state index in [1.807, 2.05) is 6.92 Å². The maximum absolute atomic E-state index is 9.53. The van der Waals surface area contributed by atoms with Crippen LogP contribution in [0, 0.1) is 6.92 Å². The topological polar surface area (TPSA) is 124 Å². The Bertz CT molecular complexity index is 521. The van der Waals surface area contributed by atoms with Gasteiger partial charge in [-0.15, -0.1) is 0 Å². The maximum Gasteiger partial charge on any atom is 0.161 e. The van der Waals surface area contributed by atoms with E-state index < -0.39 is 0 Å². The van der Waals surface area contributed by atoms with E-state index in [0.717, 1.165) is 16.7 Å². The molecule has 0 unspecified atom stereocenters. The molecule has 18 heavy (non-hydrogen) atoms. The lowest BCUT2D eigenvalue weighted by molar-refractivity contribution is 0.480. The highest BCUT2D eigenvalue weighted by Gasteiger charge is 2.09. The molecule has 94 valence electrons. The van der Waals surface area contributed by atoms with Crippen molar-refractivity contribution in [2.75, 3.05) is 22.9 Å². The molecule has 0 aliphatic rings. The second-order valence-electron chi connectivity index (χ2n) is 4.28. The SMILES string of the molecule is Cc1c(N)cc(-c2cc(N)c(O)c(N)c2)cc1N. The Labute approximate surface area is 105 Å². The highest BCUT2D eigenvalue weighted by molar-refractivity contribution is 5.82. The molecule has 0 bridgehead atoms. The first-order chi connectivity index (χ1) is 8.40. The third kappa shape index (κ3) is 1.86. The van der Waals surface area contributed by atoms with Gasteiger partial charge in [-0.2, -0.15) is 0 Å². The number of phenols is 1. The number of phenolic OH excluding ortho intramolecular Hbond substituents is 1. The second kappa shape index (κ2) is 4.03. The molecule has 2 aromatic carbocycles. The van der Waals surface area contributed by atoms with Crippen LogP contribution in [0.2, 0.25) is 0 Å². The van der Waals surface area contributed by atoms with E-state index in [4.69, 9.17) is 22.9 Å². The Morgan fingerprint density at radius 3 is 1.44 bits per heavy atom. The summed E-state index contributed by atoms with van der Waals surface area (Å²) in [4.78, 5) is 0. The number of benzene rings is 2. The van der Waals surface area contributed by atoms with Crippen LogP contribution in [0.5, 0.6) is 5.75 Å². The standard InChI is InChI=1S/C13H16N4O/c1-6-9(14)2-7(3-10(6)15)8-4-11(16)13(18)12(17)5-8/h2-5,18H,14-17H2,1H3. The molecule has 5 nitrogen and oxygen atoms in total. The van der Waals surface area contributed by atoms with E-state index in [1.165, 1.54) is 0 Å². The van der Waals surface area contributed by atoms with Crippen molar-refractivity contribution in [1.82, 2.24) is 0 Å². The summed E-state index contributed by atoms with van der Waals surface area (Å²) >= 11 is 0. The predicted octanol–water partition coefficient (Wildman–Crippen LogP) is 1.70. The first kappa shape index (κ1) is 11.9. The van der Waals surface area contributed by atoms with Crippen LogP contribution in [0.1, 0.15) is 5.56 Å². The fourth-order valence-electron chi connectivity index (χ4n) is 1.77. The first-order valence-corrected chi connectivity index (χ1v) is 5.44. The molecule has 0 fully saturated rings. The van der Waals surface area contributed by atoms with Crippen molar-refractivity contribution in [1.29, 1.82) is 0 Å². The minimum atomic E-state index is -0.105. The number of nitrogens with two attached hydrogens (primary N) is 4. The van der Waals surface area contributed by atoms with Crippen molar-refractivity contribution in [2.24, 2.45) is 0 Å². The second-order valence-corrected chi connectivity index (χ2v) is 4.28. The summed E-state index contributed by atoms with van der Waals surface area (Å²) in [6.07, 6.45) is 0. The third-order valence-electron chi connectivity index (χ3n) is 2.99. The van der Waals surface area contributed by atoms with Crippen molar-refractivity contribution >= 4 is 22.7 Å². The molecule has 0 saturated heterocycles. The maximum atomic E-state index is 9.53. The van der Waals surface area contributed by atoms with Gasteiger partial charge in [0.1, 0.15) is 0 Å². The summed E-state index contributed by atoms with van der Waals surface area (Å²) in [7, 11) is 0. The molecule has 0 saturated carbocycles. The molecule has 0 spiro atoms. The normalized spacial score (nSPS) is 10.5. The van der Waals surface area contributed by atoms with E-state index >= 15 is 0 Å². The van der Waals surface area contributed by atoms with E-state index in [-0.39, 0.29) is 17.1 Å². The Hall–Kier alpha value is -2.56. The molecule has 9 N–H and O–H groups in total. The van der Waals surface area contributed by atoms with Crippen molar-refractivity contribution in [3.8, 4) is 16.9 Å². The lowest BCUT2D eigenvalue weighted by atomic mass is 10.00. The highest BCUT2D eigenvalue weighted by Crippen LogP contribution is 2.35. The molecule has 0 radical (unpaired) electrons. The molecule has 0 aromatic heterocycles. The van der Waals surface area contributed by atoms with Gasteiger partial charge in [-0.05, 0) is 47.9 Å². The van der Waals surface area contributed by atoms with Crippen molar-refractivity contribution in [2.45, 2.75) is 6.92 Å². The Morgan fingerprint density at radius 2 is 1.06 bits per heavy atom.